The van der Waals surface area contributed by atoms with E-state index in [1.807, 2.05) is 0 Å². The molecule has 0 bridgehead atoms. The number of rotatable bonds is 6. The molecule has 0 spiro atoms. The van der Waals surface area contributed by atoms with Gasteiger partial charge in [-0.2, -0.15) is 0 Å². The molecule has 7 heteroatoms. The second-order valence-corrected chi connectivity index (χ2v) is 6.16. The van der Waals surface area contributed by atoms with E-state index in [9.17, 15) is 9.59 Å². The lowest BCUT2D eigenvalue weighted by Crippen LogP contribution is -2.34. The quantitative estimate of drug-likeness (QED) is 0.642. The highest BCUT2D eigenvalue weighted by molar-refractivity contribution is 5.67. The highest BCUT2D eigenvalue weighted by atomic mass is 16.6. The minimum absolute atomic E-state index is 0.268. The lowest BCUT2D eigenvalue weighted by molar-refractivity contribution is 0.0524. The lowest BCUT2D eigenvalue weighted by Gasteiger charge is -2.19. The van der Waals surface area contributed by atoms with E-state index in [4.69, 9.17) is 9.47 Å². The summed E-state index contributed by atoms with van der Waals surface area (Å²) in [6.07, 6.45) is 0.775. The first-order chi connectivity index (χ1) is 9.87. The molecule has 0 radical (unpaired) electrons. The van der Waals surface area contributed by atoms with Gasteiger partial charge < -0.3 is 25.4 Å². The fourth-order valence-electron chi connectivity index (χ4n) is 1.91. The predicted molar refractivity (Wildman–Crippen MR) is 79.2 cm³/mol. The number of alkyl carbamates (subject to hydrolysis) is 2. The minimum Gasteiger partial charge on any atom is -0.449 e. The van der Waals surface area contributed by atoms with Crippen LogP contribution >= 0.6 is 0 Å². The summed E-state index contributed by atoms with van der Waals surface area (Å²) in [6, 6.07) is 0. The third kappa shape index (κ3) is 9.12. The molecule has 1 aliphatic heterocycles. The van der Waals surface area contributed by atoms with Crippen LogP contribution < -0.4 is 16.0 Å². The average Bonchev–Trinajstić information content (AvgIpc) is 2.86. The maximum absolute atomic E-state index is 11.4. The molecule has 3 N–H and O–H groups in total. The van der Waals surface area contributed by atoms with Crippen LogP contribution in [0.25, 0.3) is 0 Å². The Balaban J connectivity index is 1.95. The normalized spacial score (nSPS) is 18.1. The van der Waals surface area contributed by atoms with Crippen molar-refractivity contribution in [2.75, 3.05) is 32.8 Å². The van der Waals surface area contributed by atoms with E-state index >= 15 is 0 Å². The Hall–Kier alpha value is -1.50. The lowest BCUT2D eigenvalue weighted by atomic mass is 10.1. The van der Waals surface area contributed by atoms with Crippen molar-refractivity contribution in [1.82, 2.24) is 16.0 Å². The van der Waals surface area contributed by atoms with Crippen molar-refractivity contribution in [3.05, 3.63) is 0 Å². The van der Waals surface area contributed by atoms with Gasteiger partial charge in [-0.25, -0.2) is 9.59 Å². The van der Waals surface area contributed by atoms with E-state index < -0.39 is 17.8 Å². The maximum Gasteiger partial charge on any atom is 0.407 e. The second-order valence-electron chi connectivity index (χ2n) is 6.16. The number of ether oxygens (including phenoxy) is 2. The summed E-state index contributed by atoms with van der Waals surface area (Å²) >= 11 is 0. The Morgan fingerprint density at radius 2 is 2.00 bits per heavy atom. The highest BCUT2D eigenvalue weighted by Gasteiger charge is 2.16. The van der Waals surface area contributed by atoms with Gasteiger partial charge in [0.2, 0.25) is 0 Å². The molecule has 0 aliphatic carbocycles. The van der Waals surface area contributed by atoms with Gasteiger partial charge in [-0.1, -0.05) is 0 Å². The molecule has 2 amide bonds. The van der Waals surface area contributed by atoms with Crippen molar-refractivity contribution in [3.63, 3.8) is 0 Å². The predicted octanol–water partition coefficient (Wildman–Crippen LogP) is 1.24. The van der Waals surface area contributed by atoms with Crippen molar-refractivity contribution >= 4 is 12.2 Å². The molecular formula is C14H27N3O4. The van der Waals surface area contributed by atoms with Crippen molar-refractivity contribution in [3.8, 4) is 0 Å². The summed E-state index contributed by atoms with van der Waals surface area (Å²) in [5, 5.41) is 8.59. The zero-order valence-electron chi connectivity index (χ0n) is 13.2. The molecule has 21 heavy (non-hydrogen) atoms. The summed E-state index contributed by atoms with van der Waals surface area (Å²) in [7, 11) is 0. The first kappa shape index (κ1) is 17.6. The third-order valence-electron chi connectivity index (χ3n) is 2.92. The summed E-state index contributed by atoms with van der Waals surface area (Å²) in [5.74, 6) is 0.492. The second kappa shape index (κ2) is 8.71. The number of hydrogen-bond donors (Lipinski definition) is 3. The van der Waals surface area contributed by atoms with Crippen molar-refractivity contribution in [2.45, 2.75) is 39.2 Å². The highest BCUT2D eigenvalue weighted by Crippen LogP contribution is 2.06. The Labute approximate surface area is 126 Å². The maximum atomic E-state index is 11.4. The number of hydrogen-bond acceptors (Lipinski definition) is 5. The number of carbonyl (C=O) groups is 2. The van der Waals surface area contributed by atoms with Crippen molar-refractivity contribution in [1.29, 1.82) is 0 Å². The van der Waals surface area contributed by atoms with Crippen LogP contribution in [-0.2, 0) is 9.47 Å². The van der Waals surface area contributed by atoms with Gasteiger partial charge in [-0.15, -0.1) is 0 Å². The van der Waals surface area contributed by atoms with E-state index in [0.29, 0.717) is 25.4 Å². The zero-order chi connectivity index (χ0) is 15.7. The van der Waals surface area contributed by atoms with Crippen molar-refractivity contribution < 1.29 is 19.1 Å². The summed E-state index contributed by atoms with van der Waals surface area (Å²) < 4.78 is 10.1. The van der Waals surface area contributed by atoms with Gasteiger partial charge >= 0.3 is 12.2 Å². The topological polar surface area (TPSA) is 88.7 Å². The van der Waals surface area contributed by atoms with Gasteiger partial charge in [-0.05, 0) is 52.6 Å². The molecule has 1 atom stereocenters. The van der Waals surface area contributed by atoms with E-state index in [2.05, 4.69) is 16.0 Å². The largest absolute Gasteiger partial charge is 0.449 e. The molecule has 7 nitrogen and oxygen atoms in total. The van der Waals surface area contributed by atoms with Crippen LogP contribution in [0, 0.1) is 5.92 Å². The SMILES string of the molecule is CC(C)(C)OC(=O)NCCCOC(=O)NCC1CCNC1. The molecule has 1 rings (SSSR count). The molecule has 122 valence electrons. The minimum atomic E-state index is -0.504. The van der Waals surface area contributed by atoms with Crippen LogP contribution in [0.5, 0.6) is 0 Å². The Bertz CT molecular complexity index is 336. The molecule has 1 heterocycles. The standard InChI is InChI=1S/C14H27N3O4/c1-14(2,3)21-13(19)16-6-4-8-20-12(18)17-10-11-5-7-15-9-11/h11,15H,4-10H2,1-3H3,(H,16,19)(H,17,18). The summed E-state index contributed by atoms with van der Waals surface area (Å²) in [6.45, 7) is 8.69. The molecule has 0 aromatic rings. The van der Waals surface area contributed by atoms with Crippen molar-refractivity contribution in [2.24, 2.45) is 5.92 Å². The van der Waals surface area contributed by atoms with E-state index in [0.717, 1.165) is 19.5 Å². The van der Waals surface area contributed by atoms with Gasteiger partial charge in [0.15, 0.2) is 0 Å². The van der Waals surface area contributed by atoms with E-state index in [1.54, 1.807) is 20.8 Å². The van der Waals surface area contributed by atoms with Crippen LogP contribution in [0.1, 0.15) is 33.6 Å². The third-order valence-corrected chi connectivity index (χ3v) is 2.92. The Morgan fingerprint density at radius 1 is 1.24 bits per heavy atom. The Kier molecular flexibility index (Phi) is 7.28. The van der Waals surface area contributed by atoms with E-state index in [1.165, 1.54) is 0 Å². The monoisotopic (exact) mass is 301 g/mol. The number of amides is 2. The molecule has 1 unspecified atom stereocenters. The summed E-state index contributed by atoms with van der Waals surface area (Å²) in [5.41, 5.74) is -0.504. The van der Waals surface area contributed by atoms with Gasteiger partial charge in [0.05, 0.1) is 6.61 Å². The summed E-state index contributed by atoms with van der Waals surface area (Å²) in [4.78, 5) is 22.8. The molecule has 1 aliphatic rings. The van der Waals surface area contributed by atoms with Gasteiger partial charge in [0.25, 0.3) is 0 Å². The smallest absolute Gasteiger partial charge is 0.407 e. The molecular weight excluding hydrogens is 274 g/mol. The zero-order valence-corrected chi connectivity index (χ0v) is 13.2. The molecule has 1 fully saturated rings. The molecule has 0 aromatic carbocycles. The van der Waals surface area contributed by atoms with Crippen LogP contribution in [0.2, 0.25) is 0 Å². The molecule has 0 aromatic heterocycles. The first-order valence-electron chi connectivity index (χ1n) is 7.45. The van der Waals surface area contributed by atoms with Gasteiger partial charge in [-0.3, -0.25) is 0 Å². The number of nitrogens with one attached hydrogen (secondary N) is 3. The van der Waals surface area contributed by atoms with Crippen LogP contribution in [0.15, 0.2) is 0 Å². The van der Waals surface area contributed by atoms with Crippen LogP contribution in [-0.4, -0.2) is 50.6 Å². The van der Waals surface area contributed by atoms with Gasteiger partial charge in [0.1, 0.15) is 5.60 Å². The van der Waals surface area contributed by atoms with Crippen LogP contribution in [0.4, 0.5) is 9.59 Å². The first-order valence-corrected chi connectivity index (χ1v) is 7.45. The Morgan fingerprint density at radius 3 is 2.62 bits per heavy atom. The fourth-order valence-corrected chi connectivity index (χ4v) is 1.91. The van der Waals surface area contributed by atoms with Crippen LogP contribution in [0.3, 0.4) is 0 Å². The average molecular weight is 301 g/mol. The molecule has 1 saturated heterocycles. The molecule has 0 saturated carbocycles. The van der Waals surface area contributed by atoms with Gasteiger partial charge in [0, 0.05) is 13.1 Å². The van der Waals surface area contributed by atoms with E-state index in [-0.39, 0.29) is 6.61 Å². The fraction of sp³-hybridized carbons (Fsp3) is 0.857. The number of carbonyl (C=O) groups excluding carboxylic acids is 2.